The molecular weight excluding hydrogens is 534 g/mol. The van der Waals surface area contributed by atoms with Crippen molar-refractivity contribution in [2.24, 2.45) is 5.92 Å². The molecule has 0 bridgehead atoms. The second kappa shape index (κ2) is 15.1. The average molecular weight is 575 g/mol. The maximum absolute atomic E-state index is 5.89. The van der Waals surface area contributed by atoms with E-state index >= 15 is 0 Å². The fourth-order valence-electron chi connectivity index (χ4n) is 5.23. The van der Waals surface area contributed by atoms with E-state index in [9.17, 15) is 0 Å². The molecule has 4 aromatic rings. The number of ether oxygens (including phenoxy) is 4. The third kappa shape index (κ3) is 6.98. The number of hydrogen-bond acceptors (Lipinski definition) is 4. The van der Waals surface area contributed by atoms with Gasteiger partial charge in [0.2, 0.25) is 0 Å². The fraction of sp³-hybridized carbons (Fsp3) is 0.294. The van der Waals surface area contributed by atoms with E-state index in [1.807, 2.05) is 24.3 Å². The lowest BCUT2D eigenvalue weighted by Gasteiger charge is -2.31. The molecule has 0 amide bonds. The van der Waals surface area contributed by atoms with Gasteiger partial charge < -0.3 is 18.9 Å². The number of para-hydroxylation sites is 4. The van der Waals surface area contributed by atoms with Crippen LogP contribution in [0.5, 0.6) is 23.0 Å². The Morgan fingerprint density at radius 1 is 0.475 bits per heavy atom. The van der Waals surface area contributed by atoms with E-state index in [0.717, 1.165) is 48.2 Å². The summed E-state index contributed by atoms with van der Waals surface area (Å²) in [7, 11) is 5.56. The van der Waals surface area contributed by atoms with E-state index in [0.29, 0.717) is 5.92 Å². The largest absolute Gasteiger partial charge is 0.496 e. The Hall–Kier alpha value is -3.06. The maximum atomic E-state index is 5.89. The summed E-state index contributed by atoms with van der Waals surface area (Å²) in [6.07, 6.45) is 4.32. The Morgan fingerprint density at radius 2 is 0.750 bits per heavy atom. The van der Waals surface area contributed by atoms with Gasteiger partial charge in [0.1, 0.15) is 23.0 Å². The highest BCUT2D eigenvalue weighted by atomic mass is 31.1. The molecule has 4 nitrogen and oxygen atoms in total. The normalized spacial score (nSPS) is 11.2. The second-order valence-corrected chi connectivity index (χ2v) is 13.9. The quantitative estimate of drug-likeness (QED) is 0.157. The van der Waals surface area contributed by atoms with Crippen LogP contribution in [0.4, 0.5) is 0 Å². The van der Waals surface area contributed by atoms with Crippen molar-refractivity contribution in [1.29, 1.82) is 0 Å². The zero-order valence-corrected chi connectivity index (χ0v) is 26.0. The third-order valence-corrected chi connectivity index (χ3v) is 12.6. The van der Waals surface area contributed by atoms with Gasteiger partial charge in [-0.3, -0.25) is 0 Å². The van der Waals surface area contributed by atoms with Crippen LogP contribution in [0.2, 0.25) is 0 Å². The highest BCUT2D eigenvalue weighted by molar-refractivity contribution is 7.74. The molecular formula is C34H40O4P2. The van der Waals surface area contributed by atoms with E-state index in [-0.39, 0.29) is 0 Å². The number of hydrogen-bond donors (Lipinski definition) is 0. The van der Waals surface area contributed by atoms with Crippen molar-refractivity contribution in [2.45, 2.75) is 19.8 Å². The van der Waals surface area contributed by atoms with Crippen LogP contribution in [-0.4, -0.2) is 40.8 Å². The molecule has 0 saturated heterocycles. The lowest BCUT2D eigenvalue weighted by Crippen LogP contribution is -2.26. The first kappa shape index (κ1) is 29.9. The second-order valence-electron chi connectivity index (χ2n) is 9.56. The molecule has 0 aliphatic carbocycles. The molecule has 0 unspecified atom stereocenters. The summed E-state index contributed by atoms with van der Waals surface area (Å²) in [5.41, 5.74) is 0. The van der Waals surface area contributed by atoms with E-state index in [1.54, 1.807) is 28.4 Å². The van der Waals surface area contributed by atoms with Gasteiger partial charge in [0.05, 0.1) is 28.4 Å². The Labute approximate surface area is 242 Å². The highest BCUT2D eigenvalue weighted by Gasteiger charge is 2.29. The van der Waals surface area contributed by atoms with Crippen LogP contribution in [0.25, 0.3) is 0 Å². The summed E-state index contributed by atoms with van der Waals surface area (Å²) in [5.74, 6) is 4.21. The van der Waals surface area contributed by atoms with Crippen LogP contribution in [0.3, 0.4) is 0 Å². The third-order valence-electron chi connectivity index (χ3n) is 7.08. The van der Waals surface area contributed by atoms with Crippen molar-refractivity contribution in [3.63, 3.8) is 0 Å². The van der Waals surface area contributed by atoms with Gasteiger partial charge in [0, 0.05) is 21.2 Å². The standard InChI is InChI=1S/C34H40O4P2/c1-6-15-26(24-39(31-20-11-7-16-27(31)35-2)32-21-12-8-17-28(32)36-3)25-40(33-22-13-9-18-29(33)37-4)34-23-14-10-19-30(34)38-5/h7-14,16-23,26H,6,15,24-25H2,1-5H3. The molecule has 0 aromatic heterocycles. The molecule has 0 radical (unpaired) electrons. The van der Waals surface area contributed by atoms with E-state index < -0.39 is 15.8 Å². The zero-order chi connectivity index (χ0) is 28.3. The van der Waals surface area contributed by atoms with Gasteiger partial charge in [-0.05, 0) is 64.8 Å². The molecule has 0 N–H and O–H groups in total. The van der Waals surface area contributed by atoms with Gasteiger partial charge in [-0.15, -0.1) is 0 Å². The van der Waals surface area contributed by atoms with Crippen molar-refractivity contribution in [3.8, 4) is 23.0 Å². The molecule has 0 fully saturated rings. The van der Waals surface area contributed by atoms with Gasteiger partial charge >= 0.3 is 0 Å². The van der Waals surface area contributed by atoms with Gasteiger partial charge in [-0.2, -0.15) is 0 Å². The van der Waals surface area contributed by atoms with Gasteiger partial charge in [0.15, 0.2) is 0 Å². The van der Waals surface area contributed by atoms with Crippen LogP contribution >= 0.6 is 15.8 Å². The van der Waals surface area contributed by atoms with Gasteiger partial charge in [-0.25, -0.2) is 0 Å². The Kier molecular flexibility index (Phi) is 11.3. The molecule has 0 aliphatic rings. The molecule has 40 heavy (non-hydrogen) atoms. The molecule has 0 aliphatic heterocycles. The molecule has 0 atom stereocenters. The first-order chi connectivity index (χ1) is 19.6. The average Bonchev–Trinajstić information content (AvgIpc) is 3.02. The van der Waals surface area contributed by atoms with Crippen LogP contribution in [0.15, 0.2) is 97.1 Å². The monoisotopic (exact) mass is 574 g/mol. The first-order valence-electron chi connectivity index (χ1n) is 13.7. The highest BCUT2D eigenvalue weighted by Crippen LogP contribution is 2.48. The molecule has 4 aromatic carbocycles. The van der Waals surface area contributed by atoms with Crippen LogP contribution < -0.4 is 40.2 Å². The van der Waals surface area contributed by atoms with Crippen LogP contribution in [0, 0.1) is 5.92 Å². The predicted octanol–water partition coefficient (Wildman–Crippen LogP) is 6.70. The number of methoxy groups -OCH3 is 4. The summed E-state index contributed by atoms with van der Waals surface area (Å²) in [6.45, 7) is 2.29. The minimum absolute atomic E-state index is 0.465. The maximum Gasteiger partial charge on any atom is 0.126 e. The first-order valence-corrected chi connectivity index (χ1v) is 16.8. The predicted molar refractivity (Wildman–Crippen MR) is 172 cm³/mol. The minimum Gasteiger partial charge on any atom is -0.496 e. The van der Waals surface area contributed by atoms with Gasteiger partial charge in [0.25, 0.3) is 0 Å². The molecule has 210 valence electrons. The van der Waals surface area contributed by atoms with Crippen molar-refractivity contribution in [1.82, 2.24) is 0 Å². The Bertz CT molecular complexity index is 1160. The lowest BCUT2D eigenvalue weighted by atomic mass is 10.1. The van der Waals surface area contributed by atoms with Crippen LogP contribution in [-0.2, 0) is 0 Å². The SMILES string of the molecule is CCCC(CP(c1ccccc1OC)c1ccccc1OC)CP(c1ccccc1OC)c1ccccc1OC. The molecule has 0 saturated carbocycles. The van der Waals surface area contributed by atoms with E-state index in [4.69, 9.17) is 18.9 Å². The van der Waals surface area contributed by atoms with E-state index in [2.05, 4.69) is 79.7 Å². The van der Waals surface area contributed by atoms with Crippen molar-refractivity contribution < 1.29 is 18.9 Å². The Morgan fingerprint density at radius 3 is 1.00 bits per heavy atom. The number of benzene rings is 4. The summed E-state index contributed by atoms with van der Waals surface area (Å²) in [4.78, 5) is 0. The topological polar surface area (TPSA) is 36.9 Å². The van der Waals surface area contributed by atoms with Gasteiger partial charge in [-0.1, -0.05) is 86.1 Å². The fourth-order valence-corrected chi connectivity index (χ4v) is 11.2. The molecule has 4 rings (SSSR count). The number of rotatable bonds is 14. The van der Waals surface area contributed by atoms with Crippen molar-refractivity contribution in [2.75, 3.05) is 40.8 Å². The van der Waals surface area contributed by atoms with Crippen molar-refractivity contribution in [3.05, 3.63) is 97.1 Å². The van der Waals surface area contributed by atoms with E-state index in [1.165, 1.54) is 21.2 Å². The molecule has 6 heteroatoms. The minimum atomic E-state index is -0.748. The zero-order valence-electron chi connectivity index (χ0n) is 24.2. The molecule has 0 heterocycles. The summed E-state index contributed by atoms with van der Waals surface area (Å²) in [5, 5.41) is 5.02. The lowest BCUT2D eigenvalue weighted by molar-refractivity contribution is 0.417. The van der Waals surface area contributed by atoms with Crippen molar-refractivity contribution >= 4 is 37.1 Å². The van der Waals surface area contributed by atoms with Crippen LogP contribution in [0.1, 0.15) is 19.8 Å². The smallest absolute Gasteiger partial charge is 0.126 e. The summed E-state index contributed by atoms with van der Waals surface area (Å²) < 4.78 is 23.6. The summed E-state index contributed by atoms with van der Waals surface area (Å²) >= 11 is 0. The molecule has 0 spiro atoms. The Balaban J connectivity index is 1.81. The summed E-state index contributed by atoms with van der Waals surface area (Å²) in [6, 6.07) is 33.9.